The molecule has 2 aromatic rings. The van der Waals surface area contributed by atoms with Crippen LogP contribution in [-0.2, 0) is 6.42 Å². The maximum atomic E-state index is 5.43. The van der Waals surface area contributed by atoms with E-state index >= 15 is 0 Å². The first kappa shape index (κ1) is 14.1. The van der Waals surface area contributed by atoms with Gasteiger partial charge in [-0.1, -0.05) is 30.1 Å². The summed E-state index contributed by atoms with van der Waals surface area (Å²) in [5, 5.41) is 7.58. The molecule has 2 heterocycles. The van der Waals surface area contributed by atoms with Gasteiger partial charge in [0.05, 0.1) is 13.2 Å². The molecule has 112 valence electrons. The molecule has 1 unspecified atom stereocenters. The van der Waals surface area contributed by atoms with Crippen molar-refractivity contribution >= 4 is 0 Å². The first-order chi connectivity index (χ1) is 10.3. The summed E-state index contributed by atoms with van der Waals surface area (Å²) in [5.74, 6) is 2.32. The Morgan fingerprint density at radius 2 is 2.10 bits per heavy atom. The van der Waals surface area contributed by atoms with Crippen LogP contribution in [0.3, 0.4) is 0 Å². The van der Waals surface area contributed by atoms with Crippen LogP contribution in [-0.4, -0.2) is 23.8 Å². The third-order valence-electron chi connectivity index (χ3n) is 3.86. The summed E-state index contributed by atoms with van der Waals surface area (Å²) in [7, 11) is 1.67. The lowest BCUT2D eigenvalue weighted by Crippen LogP contribution is -2.20. The summed E-state index contributed by atoms with van der Waals surface area (Å²) in [4.78, 5) is 4.54. The molecule has 0 saturated carbocycles. The maximum Gasteiger partial charge on any atom is 0.243 e. The Kier molecular flexibility index (Phi) is 4.50. The normalized spacial score (nSPS) is 19.2. The lowest BCUT2D eigenvalue weighted by Gasteiger charge is -2.09. The quantitative estimate of drug-likeness (QED) is 0.937. The molecule has 21 heavy (non-hydrogen) atoms. The van der Waals surface area contributed by atoms with E-state index in [9.17, 15) is 0 Å². The summed E-state index contributed by atoms with van der Waals surface area (Å²) in [5.41, 5.74) is 1.15. The smallest absolute Gasteiger partial charge is 0.243 e. The van der Waals surface area contributed by atoms with E-state index in [2.05, 4.69) is 15.5 Å². The lowest BCUT2D eigenvalue weighted by atomic mass is 10.1. The van der Waals surface area contributed by atoms with E-state index in [1.54, 1.807) is 7.11 Å². The highest BCUT2D eigenvalue weighted by atomic mass is 16.5. The molecule has 1 saturated heterocycles. The van der Waals surface area contributed by atoms with E-state index in [1.165, 1.54) is 19.3 Å². The zero-order valence-electron chi connectivity index (χ0n) is 12.3. The second-order valence-electron chi connectivity index (χ2n) is 5.43. The van der Waals surface area contributed by atoms with Gasteiger partial charge >= 0.3 is 0 Å². The molecule has 0 spiro atoms. The number of methoxy groups -OCH3 is 1. The van der Waals surface area contributed by atoms with Gasteiger partial charge in [0.2, 0.25) is 5.89 Å². The first-order valence-electron chi connectivity index (χ1n) is 7.54. The van der Waals surface area contributed by atoms with E-state index in [-0.39, 0.29) is 6.04 Å². The van der Waals surface area contributed by atoms with E-state index in [1.807, 2.05) is 24.3 Å². The molecule has 1 aromatic heterocycles. The number of nitrogens with zero attached hydrogens (tertiary/aromatic N) is 2. The van der Waals surface area contributed by atoms with Gasteiger partial charge in [-0.2, -0.15) is 4.98 Å². The van der Waals surface area contributed by atoms with Crippen molar-refractivity contribution in [2.75, 3.05) is 13.7 Å². The Labute approximate surface area is 124 Å². The molecule has 0 bridgehead atoms. The van der Waals surface area contributed by atoms with Crippen molar-refractivity contribution in [1.29, 1.82) is 0 Å². The fourth-order valence-corrected chi connectivity index (χ4v) is 2.65. The predicted molar refractivity (Wildman–Crippen MR) is 79.3 cm³/mol. The van der Waals surface area contributed by atoms with Crippen LogP contribution in [0, 0.1) is 0 Å². The molecule has 0 aliphatic carbocycles. The van der Waals surface area contributed by atoms with E-state index in [4.69, 9.17) is 9.26 Å². The molecule has 1 fully saturated rings. The fraction of sp³-hybridized carbons (Fsp3) is 0.500. The SMILES string of the molecule is COc1ccc(Cc2noc(C3CCCCCN3)n2)cc1. The molecule has 1 aliphatic rings. The zero-order chi connectivity index (χ0) is 14.5. The Balaban J connectivity index is 1.66. The van der Waals surface area contributed by atoms with Crippen molar-refractivity contribution in [3.8, 4) is 5.75 Å². The lowest BCUT2D eigenvalue weighted by molar-refractivity contribution is 0.325. The summed E-state index contributed by atoms with van der Waals surface area (Å²) in [6, 6.07) is 8.16. The van der Waals surface area contributed by atoms with Crippen molar-refractivity contribution in [3.05, 3.63) is 41.5 Å². The van der Waals surface area contributed by atoms with Gasteiger partial charge in [-0.05, 0) is 37.1 Å². The van der Waals surface area contributed by atoms with Crippen LogP contribution in [0.25, 0.3) is 0 Å². The molecule has 3 rings (SSSR count). The predicted octanol–water partition coefficient (Wildman–Crippen LogP) is 2.87. The second-order valence-corrected chi connectivity index (χ2v) is 5.43. The van der Waals surface area contributed by atoms with Crippen LogP contribution < -0.4 is 10.1 Å². The number of nitrogens with one attached hydrogen (secondary N) is 1. The van der Waals surface area contributed by atoms with Gasteiger partial charge in [0, 0.05) is 6.42 Å². The van der Waals surface area contributed by atoms with Crippen molar-refractivity contribution in [2.24, 2.45) is 0 Å². The van der Waals surface area contributed by atoms with Crippen molar-refractivity contribution in [2.45, 2.75) is 38.1 Å². The average molecular weight is 287 g/mol. The van der Waals surface area contributed by atoms with Crippen LogP contribution in [0.15, 0.2) is 28.8 Å². The van der Waals surface area contributed by atoms with Gasteiger partial charge in [-0.15, -0.1) is 0 Å². The molecule has 0 amide bonds. The van der Waals surface area contributed by atoms with E-state index in [0.717, 1.165) is 36.0 Å². The Morgan fingerprint density at radius 1 is 1.24 bits per heavy atom. The number of rotatable bonds is 4. The zero-order valence-corrected chi connectivity index (χ0v) is 12.3. The highest BCUT2D eigenvalue weighted by molar-refractivity contribution is 5.28. The molecule has 1 aromatic carbocycles. The third-order valence-corrected chi connectivity index (χ3v) is 3.86. The van der Waals surface area contributed by atoms with Gasteiger partial charge in [-0.25, -0.2) is 0 Å². The number of benzene rings is 1. The Morgan fingerprint density at radius 3 is 2.90 bits per heavy atom. The third kappa shape index (κ3) is 3.61. The molecular weight excluding hydrogens is 266 g/mol. The van der Waals surface area contributed by atoms with Gasteiger partial charge in [0.25, 0.3) is 0 Å². The minimum Gasteiger partial charge on any atom is -0.497 e. The van der Waals surface area contributed by atoms with Crippen LogP contribution in [0.2, 0.25) is 0 Å². The van der Waals surface area contributed by atoms with Crippen LogP contribution in [0.4, 0.5) is 0 Å². The Bertz CT molecular complexity index is 557. The molecule has 5 nitrogen and oxygen atoms in total. The summed E-state index contributed by atoms with van der Waals surface area (Å²) >= 11 is 0. The fourth-order valence-electron chi connectivity index (χ4n) is 2.65. The monoisotopic (exact) mass is 287 g/mol. The number of aromatic nitrogens is 2. The standard InChI is InChI=1S/C16H21N3O2/c1-20-13-8-6-12(7-9-13)11-15-18-16(21-19-15)14-5-3-2-4-10-17-14/h6-9,14,17H,2-5,10-11H2,1H3. The van der Waals surface area contributed by atoms with Crippen LogP contribution in [0.5, 0.6) is 5.75 Å². The van der Waals surface area contributed by atoms with Crippen molar-refractivity contribution in [3.63, 3.8) is 0 Å². The topological polar surface area (TPSA) is 60.2 Å². The molecule has 0 radical (unpaired) electrons. The molecule has 5 heteroatoms. The van der Waals surface area contributed by atoms with Crippen LogP contribution >= 0.6 is 0 Å². The highest BCUT2D eigenvalue weighted by Crippen LogP contribution is 2.22. The van der Waals surface area contributed by atoms with Gasteiger partial charge in [-0.3, -0.25) is 0 Å². The first-order valence-corrected chi connectivity index (χ1v) is 7.54. The van der Waals surface area contributed by atoms with E-state index in [0.29, 0.717) is 6.42 Å². The van der Waals surface area contributed by atoms with Crippen molar-refractivity contribution in [1.82, 2.24) is 15.5 Å². The minimum atomic E-state index is 0.213. The van der Waals surface area contributed by atoms with Gasteiger partial charge in [0.1, 0.15) is 5.75 Å². The maximum absolute atomic E-state index is 5.43. The number of hydrogen-bond donors (Lipinski definition) is 1. The minimum absolute atomic E-state index is 0.213. The molecule has 1 aliphatic heterocycles. The Hall–Kier alpha value is -1.88. The number of ether oxygens (including phenoxy) is 1. The molecule has 1 atom stereocenters. The van der Waals surface area contributed by atoms with E-state index < -0.39 is 0 Å². The largest absolute Gasteiger partial charge is 0.497 e. The summed E-state index contributed by atoms with van der Waals surface area (Å²) in [6.45, 7) is 1.03. The second kappa shape index (κ2) is 6.72. The van der Waals surface area contributed by atoms with Crippen molar-refractivity contribution < 1.29 is 9.26 Å². The summed E-state index contributed by atoms with van der Waals surface area (Å²) < 4.78 is 10.6. The van der Waals surface area contributed by atoms with Gasteiger partial charge in [0.15, 0.2) is 5.82 Å². The van der Waals surface area contributed by atoms with Gasteiger partial charge < -0.3 is 14.6 Å². The average Bonchev–Trinajstić information content (AvgIpc) is 2.81. The van der Waals surface area contributed by atoms with Crippen LogP contribution in [0.1, 0.15) is 49.0 Å². The molecular formula is C16H21N3O2. The highest BCUT2D eigenvalue weighted by Gasteiger charge is 2.20. The molecule has 1 N–H and O–H groups in total. The summed E-state index contributed by atoms with van der Waals surface area (Å²) in [6.07, 6.45) is 5.47. The number of hydrogen-bond acceptors (Lipinski definition) is 5.